The summed E-state index contributed by atoms with van der Waals surface area (Å²) >= 11 is 0. The minimum absolute atomic E-state index is 1.02. The van der Waals surface area contributed by atoms with Gasteiger partial charge in [-0.25, -0.2) is 0 Å². The van der Waals surface area contributed by atoms with Crippen LogP contribution in [0.15, 0.2) is 0 Å². The molecule has 0 amide bonds. The van der Waals surface area contributed by atoms with Crippen molar-refractivity contribution < 1.29 is 13.3 Å². The van der Waals surface area contributed by atoms with Crippen molar-refractivity contribution in [3.05, 3.63) is 0 Å². The molecule has 0 aliphatic rings. The summed E-state index contributed by atoms with van der Waals surface area (Å²) in [5.74, 6) is 0. The van der Waals surface area contributed by atoms with Gasteiger partial charge < -0.3 is 17.8 Å². The van der Waals surface area contributed by atoms with Gasteiger partial charge in [0.1, 0.15) is 8.24 Å². The summed E-state index contributed by atoms with van der Waals surface area (Å²) in [7, 11) is 4.37. The molecule has 0 rings (SSSR count). The summed E-state index contributed by atoms with van der Waals surface area (Å²) < 4.78 is 16.9. The summed E-state index contributed by atoms with van der Waals surface area (Å²) in [6, 6.07) is 4.25. The van der Waals surface area contributed by atoms with Gasteiger partial charge in [-0.15, -0.1) is 0 Å². The van der Waals surface area contributed by atoms with E-state index in [1.54, 1.807) is 21.3 Å². The van der Waals surface area contributed by atoms with Crippen LogP contribution in [0, 0.1) is 0 Å². The third-order valence-electron chi connectivity index (χ3n) is 4.21. The minimum Gasteiger partial charge on any atom is -0.379 e. The van der Waals surface area contributed by atoms with Crippen molar-refractivity contribution in [3.63, 3.8) is 0 Å². The maximum atomic E-state index is 4.74. The van der Waals surface area contributed by atoms with Crippen molar-refractivity contribution in [2.45, 2.75) is 58.7 Å². The van der Waals surface area contributed by atoms with E-state index < -0.39 is 17.8 Å². The molecule has 0 fully saturated rings. The first kappa shape index (κ1) is 22.6. The van der Waals surface area contributed by atoms with Crippen molar-refractivity contribution >= 4 is 17.8 Å². The fourth-order valence-corrected chi connectivity index (χ4v) is 6.81. The highest BCUT2D eigenvalue weighted by Gasteiger charge is 2.31. The molecule has 0 N–H and O–H groups in total. The lowest BCUT2D eigenvalue weighted by molar-refractivity contribution is 0.163. The molecule has 0 atom stereocenters. The van der Waals surface area contributed by atoms with Crippen LogP contribution in [0.1, 0.15) is 40.5 Å². The number of rotatable bonds is 10. The van der Waals surface area contributed by atoms with Crippen molar-refractivity contribution in [2.75, 3.05) is 34.9 Å². The van der Waals surface area contributed by atoms with Crippen molar-refractivity contribution in [2.24, 2.45) is 0 Å². The second kappa shape index (κ2) is 14.2. The average molecular weight is 324 g/mol. The normalized spacial score (nSPS) is 11.7. The van der Waals surface area contributed by atoms with E-state index in [1.165, 1.54) is 37.5 Å². The molecule has 6 heteroatoms. The first-order valence-electron chi connectivity index (χ1n) is 7.81. The Bertz CT molecular complexity index is 187. The highest BCUT2D eigenvalue weighted by molar-refractivity contribution is 6.76. The fourth-order valence-electron chi connectivity index (χ4n) is 2.48. The number of hydrogen-bond acceptors (Lipinski definition) is 4. The van der Waals surface area contributed by atoms with Gasteiger partial charge in [0.2, 0.25) is 0 Å². The second-order valence-corrected chi connectivity index (χ2v) is 12.4. The van der Waals surface area contributed by atoms with Gasteiger partial charge in [0.25, 0.3) is 0 Å². The Labute approximate surface area is 129 Å². The standard InChI is InChI=1S/C11H27NSi.C3H10O3Si/c1-6-10-11-12(5)13(7-2,8-3)9-4;1-4-7(5-2)6-3/h6-11H2,1-5H3;7H,1-3H3. The van der Waals surface area contributed by atoms with Gasteiger partial charge in [0, 0.05) is 21.3 Å². The van der Waals surface area contributed by atoms with Crippen LogP contribution in [0.3, 0.4) is 0 Å². The second-order valence-electron chi connectivity index (χ2n) is 5.06. The molecule has 0 aliphatic carbocycles. The molecular weight excluding hydrogens is 286 g/mol. The lowest BCUT2D eigenvalue weighted by atomic mass is 10.3. The Hall–Kier alpha value is 0.274. The van der Waals surface area contributed by atoms with Gasteiger partial charge >= 0.3 is 9.53 Å². The van der Waals surface area contributed by atoms with Crippen LogP contribution >= 0.6 is 0 Å². The Morgan fingerprint density at radius 3 is 1.45 bits per heavy atom. The predicted octanol–water partition coefficient (Wildman–Crippen LogP) is 3.37. The Morgan fingerprint density at radius 1 is 0.850 bits per heavy atom. The molecule has 0 aromatic heterocycles. The van der Waals surface area contributed by atoms with Crippen molar-refractivity contribution in [1.29, 1.82) is 0 Å². The highest BCUT2D eigenvalue weighted by Crippen LogP contribution is 2.23. The first-order chi connectivity index (χ1) is 9.51. The molecule has 0 radical (unpaired) electrons. The number of hydrogen-bond donors (Lipinski definition) is 0. The smallest absolute Gasteiger partial charge is 0.379 e. The van der Waals surface area contributed by atoms with Crippen LogP contribution in [-0.2, 0) is 13.3 Å². The van der Waals surface area contributed by atoms with Gasteiger partial charge in [-0.05, 0) is 38.1 Å². The maximum Gasteiger partial charge on any atom is 0.483 e. The van der Waals surface area contributed by atoms with Crippen LogP contribution in [0.2, 0.25) is 18.1 Å². The summed E-state index contributed by atoms with van der Waals surface area (Å²) in [4.78, 5) is 0. The van der Waals surface area contributed by atoms with Crippen molar-refractivity contribution in [1.82, 2.24) is 4.57 Å². The van der Waals surface area contributed by atoms with E-state index in [2.05, 4.69) is 39.3 Å². The molecule has 124 valence electrons. The average Bonchev–Trinajstić information content (AvgIpc) is 2.50. The van der Waals surface area contributed by atoms with E-state index in [-0.39, 0.29) is 0 Å². The largest absolute Gasteiger partial charge is 0.483 e. The monoisotopic (exact) mass is 323 g/mol. The van der Waals surface area contributed by atoms with Gasteiger partial charge in [0.15, 0.2) is 0 Å². The molecule has 0 heterocycles. The molecule has 20 heavy (non-hydrogen) atoms. The third kappa shape index (κ3) is 8.54. The molecule has 4 nitrogen and oxygen atoms in total. The highest BCUT2D eigenvalue weighted by atomic mass is 28.3. The van der Waals surface area contributed by atoms with E-state index in [1.807, 2.05) is 0 Å². The fraction of sp³-hybridized carbons (Fsp3) is 1.00. The summed E-state index contributed by atoms with van der Waals surface area (Å²) in [5.41, 5.74) is 0. The van der Waals surface area contributed by atoms with Gasteiger partial charge in [-0.1, -0.05) is 34.1 Å². The molecule has 0 spiro atoms. The molecule has 0 aromatic carbocycles. The molecule has 0 saturated heterocycles. The number of nitrogens with zero attached hydrogens (tertiary/aromatic N) is 1. The van der Waals surface area contributed by atoms with Crippen LogP contribution in [0.5, 0.6) is 0 Å². The molecule has 0 aliphatic heterocycles. The Balaban J connectivity index is 0. The molecule has 0 unspecified atom stereocenters. The molecule has 0 bridgehead atoms. The lowest BCUT2D eigenvalue weighted by Gasteiger charge is -2.38. The van der Waals surface area contributed by atoms with E-state index in [9.17, 15) is 0 Å². The quantitative estimate of drug-likeness (QED) is 0.577. The van der Waals surface area contributed by atoms with E-state index in [0.29, 0.717) is 0 Å². The van der Waals surface area contributed by atoms with Crippen LogP contribution in [-0.4, -0.2) is 57.3 Å². The van der Waals surface area contributed by atoms with E-state index in [0.717, 1.165) is 0 Å². The zero-order valence-electron chi connectivity index (χ0n) is 15.0. The van der Waals surface area contributed by atoms with Gasteiger partial charge in [-0.2, -0.15) is 0 Å². The maximum absolute atomic E-state index is 4.74. The molecular formula is C14H37NO3Si2. The van der Waals surface area contributed by atoms with Crippen LogP contribution in [0.25, 0.3) is 0 Å². The predicted molar refractivity (Wildman–Crippen MR) is 92.9 cm³/mol. The zero-order valence-corrected chi connectivity index (χ0v) is 17.1. The first-order valence-corrected chi connectivity index (χ1v) is 11.8. The van der Waals surface area contributed by atoms with E-state index >= 15 is 0 Å². The summed E-state index contributed by atoms with van der Waals surface area (Å²) in [6.07, 6.45) is 2.69. The van der Waals surface area contributed by atoms with E-state index in [4.69, 9.17) is 13.3 Å². The lowest BCUT2D eigenvalue weighted by Crippen LogP contribution is -2.50. The Kier molecular flexibility index (Phi) is 16.0. The molecule has 0 saturated carbocycles. The topological polar surface area (TPSA) is 30.9 Å². The molecule has 0 aromatic rings. The number of unbranched alkanes of at least 4 members (excludes halogenated alkanes) is 1. The minimum atomic E-state index is -1.67. The van der Waals surface area contributed by atoms with Gasteiger partial charge in [0.05, 0.1) is 0 Å². The van der Waals surface area contributed by atoms with Gasteiger partial charge in [-0.3, -0.25) is 0 Å². The van der Waals surface area contributed by atoms with Crippen LogP contribution in [0.4, 0.5) is 0 Å². The zero-order chi connectivity index (χ0) is 16.0. The van der Waals surface area contributed by atoms with Crippen molar-refractivity contribution in [3.8, 4) is 0 Å². The summed E-state index contributed by atoms with van der Waals surface area (Å²) in [5, 5.41) is 0. The SMILES string of the molecule is CCCCN(C)[Si](CC)(CC)CC.CO[SiH](OC)OC. The van der Waals surface area contributed by atoms with Crippen LogP contribution < -0.4 is 0 Å². The third-order valence-corrected chi connectivity index (χ3v) is 11.2. The Morgan fingerprint density at radius 2 is 1.25 bits per heavy atom. The summed E-state index contributed by atoms with van der Waals surface area (Å²) in [6.45, 7) is 10.7.